The molecule has 2 amide bonds. The maximum Gasteiger partial charge on any atom is 0.262 e. The second-order valence-electron chi connectivity index (χ2n) is 5.11. The van der Waals surface area contributed by atoms with E-state index in [4.69, 9.17) is 21.1 Å². The van der Waals surface area contributed by atoms with E-state index in [0.717, 1.165) is 6.54 Å². The summed E-state index contributed by atoms with van der Waals surface area (Å²) in [5, 5.41) is 8.91. The topological polar surface area (TPSA) is 88.7 Å². The number of anilines is 2. The van der Waals surface area contributed by atoms with Crippen LogP contribution in [0.3, 0.4) is 0 Å². The molecule has 0 radical (unpaired) electrons. The van der Waals surface area contributed by atoms with E-state index in [-0.39, 0.29) is 30.9 Å². The Bertz CT molecular complexity index is 602. The number of hydrogen-bond acceptors (Lipinski definition) is 5. The smallest absolute Gasteiger partial charge is 0.262 e. The number of halogens is 1. The number of benzene rings is 1. The molecular weight excluding hydrogens is 310 g/mol. The second kappa shape index (κ2) is 6.51. The van der Waals surface area contributed by atoms with Crippen LogP contribution in [0, 0.1) is 0 Å². The summed E-state index contributed by atoms with van der Waals surface area (Å²) in [6.45, 7) is 2.01. The molecule has 8 heteroatoms. The van der Waals surface area contributed by atoms with Crippen LogP contribution in [0.15, 0.2) is 12.1 Å². The number of ether oxygens (including phenoxy) is 2. The van der Waals surface area contributed by atoms with Gasteiger partial charge in [-0.05, 0) is 6.07 Å². The first kappa shape index (κ1) is 15.1. The van der Waals surface area contributed by atoms with Crippen LogP contribution in [0.5, 0.6) is 5.75 Å². The lowest BCUT2D eigenvalue weighted by Gasteiger charge is -2.23. The van der Waals surface area contributed by atoms with E-state index in [1.54, 1.807) is 12.1 Å². The van der Waals surface area contributed by atoms with Gasteiger partial charge >= 0.3 is 0 Å². The summed E-state index contributed by atoms with van der Waals surface area (Å²) in [7, 11) is 0. The number of carbonyl (C=O) groups excluding carboxylic acids is 2. The highest BCUT2D eigenvalue weighted by Crippen LogP contribution is 2.36. The minimum absolute atomic E-state index is 0.0520. The Kier molecular flexibility index (Phi) is 4.47. The van der Waals surface area contributed by atoms with Gasteiger partial charge in [0.15, 0.2) is 6.61 Å². The minimum atomic E-state index is -0.234. The van der Waals surface area contributed by atoms with Crippen LogP contribution >= 0.6 is 11.6 Å². The van der Waals surface area contributed by atoms with E-state index in [2.05, 4.69) is 16.0 Å². The highest BCUT2D eigenvalue weighted by atomic mass is 35.5. The van der Waals surface area contributed by atoms with Crippen LogP contribution in [0.25, 0.3) is 0 Å². The van der Waals surface area contributed by atoms with Gasteiger partial charge in [0.2, 0.25) is 5.91 Å². The fourth-order valence-electron chi connectivity index (χ4n) is 2.35. The number of rotatable bonds is 3. The third-order valence-electron chi connectivity index (χ3n) is 3.39. The molecule has 118 valence electrons. The average molecular weight is 326 g/mol. The summed E-state index contributed by atoms with van der Waals surface area (Å²) >= 11 is 6.13. The lowest BCUT2D eigenvalue weighted by molar-refractivity contribution is -0.120. The Morgan fingerprint density at radius 3 is 3.09 bits per heavy atom. The Labute approximate surface area is 132 Å². The lowest BCUT2D eigenvalue weighted by atomic mass is 10.2. The first-order chi connectivity index (χ1) is 10.6. The zero-order valence-corrected chi connectivity index (χ0v) is 12.5. The molecule has 1 unspecified atom stereocenters. The number of fused-ring (bicyclic) bond motifs is 1. The van der Waals surface area contributed by atoms with Crippen LogP contribution in [0.4, 0.5) is 11.4 Å². The summed E-state index contributed by atoms with van der Waals surface area (Å²) in [5.41, 5.74) is 0.949. The zero-order valence-electron chi connectivity index (χ0n) is 11.8. The molecular formula is C14H16ClN3O4. The van der Waals surface area contributed by atoms with Crippen molar-refractivity contribution in [1.82, 2.24) is 5.32 Å². The van der Waals surface area contributed by atoms with Gasteiger partial charge in [-0.2, -0.15) is 0 Å². The third kappa shape index (κ3) is 3.49. The maximum absolute atomic E-state index is 12.1. The van der Waals surface area contributed by atoms with Crippen molar-refractivity contribution in [1.29, 1.82) is 0 Å². The predicted octanol–water partition coefficient (Wildman–Crippen LogP) is 0.988. The number of nitrogens with one attached hydrogen (secondary N) is 3. The van der Waals surface area contributed by atoms with Gasteiger partial charge < -0.3 is 25.4 Å². The molecule has 2 aliphatic heterocycles. The van der Waals surface area contributed by atoms with Crippen LogP contribution < -0.4 is 20.7 Å². The molecule has 1 aromatic rings. The summed E-state index contributed by atoms with van der Waals surface area (Å²) < 4.78 is 10.8. The Morgan fingerprint density at radius 1 is 1.45 bits per heavy atom. The van der Waals surface area contributed by atoms with Crippen molar-refractivity contribution >= 4 is 34.8 Å². The maximum atomic E-state index is 12.1. The monoisotopic (exact) mass is 325 g/mol. The molecule has 0 saturated carbocycles. The first-order valence-electron chi connectivity index (χ1n) is 7.00. The normalized spacial score (nSPS) is 20.6. The van der Waals surface area contributed by atoms with E-state index >= 15 is 0 Å². The first-order valence-corrected chi connectivity index (χ1v) is 7.38. The summed E-state index contributed by atoms with van der Waals surface area (Å²) in [5.74, 6) is 0.0626. The van der Waals surface area contributed by atoms with Gasteiger partial charge in [-0.3, -0.25) is 9.59 Å². The molecule has 0 aromatic heterocycles. The van der Waals surface area contributed by atoms with Crippen molar-refractivity contribution in [2.45, 2.75) is 12.5 Å². The van der Waals surface area contributed by atoms with Gasteiger partial charge in [-0.15, -0.1) is 0 Å². The van der Waals surface area contributed by atoms with Crippen LogP contribution in [-0.2, 0) is 14.3 Å². The Hall–Kier alpha value is -1.83. The van der Waals surface area contributed by atoms with E-state index in [9.17, 15) is 9.59 Å². The van der Waals surface area contributed by atoms with Crippen molar-refractivity contribution in [2.75, 3.05) is 36.9 Å². The molecule has 1 saturated heterocycles. The molecule has 0 bridgehead atoms. The Morgan fingerprint density at radius 2 is 2.32 bits per heavy atom. The predicted molar refractivity (Wildman–Crippen MR) is 81.4 cm³/mol. The van der Waals surface area contributed by atoms with E-state index in [0.29, 0.717) is 35.3 Å². The molecule has 7 nitrogen and oxygen atoms in total. The molecule has 2 heterocycles. The second-order valence-corrected chi connectivity index (χ2v) is 5.52. The zero-order chi connectivity index (χ0) is 15.5. The number of hydrogen-bond donors (Lipinski definition) is 3. The largest absolute Gasteiger partial charge is 0.482 e. The van der Waals surface area contributed by atoms with Crippen molar-refractivity contribution < 1.29 is 19.1 Å². The van der Waals surface area contributed by atoms with Crippen LogP contribution in [-0.4, -0.2) is 44.2 Å². The van der Waals surface area contributed by atoms with Gasteiger partial charge in [-0.25, -0.2) is 0 Å². The third-order valence-corrected chi connectivity index (χ3v) is 3.71. The van der Waals surface area contributed by atoms with Crippen LogP contribution in [0.2, 0.25) is 5.02 Å². The van der Waals surface area contributed by atoms with Crippen molar-refractivity contribution in [3.63, 3.8) is 0 Å². The molecule has 0 spiro atoms. The number of amides is 2. The van der Waals surface area contributed by atoms with Crippen molar-refractivity contribution in [3.05, 3.63) is 17.2 Å². The molecule has 1 fully saturated rings. The summed E-state index contributed by atoms with van der Waals surface area (Å²) in [4.78, 5) is 23.3. The lowest BCUT2D eigenvalue weighted by Crippen LogP contribution is -2.40. The molecule has 22 heavy (non-hydrogen) atoms. The molecule has 3 rings (SSSR count). The quantitative estimate of drug-likeness (QED) is 0.771. The standard InChI is InChI=1S/C14H16ClN3O4/c15-9-4-11-12(22-7-14(20)18-11)5-10(9)17-13(19)3-8-6-16-1-2-21-8/h4-5,8,16H,1-3,6-7H2,(H,17,19)(H,18,20). The van der Waals surface area contributed by atoms with Crippen LogP contribution in [0.1, 0.15) is 6.42 Å². The van der Waals surface area contributed by atoms with E-state index in [1.165, 1.54) is 0 Å². The van der Waals surface area contributed by atoms with Gasteiger partial charge in [0, 0.05) is 19.2 Å². The number of morpholine rings is 1. The average Bonchev–Trinajstić information content (AvgIpc) is 2.49. The minimum Gasteiger partial charge on any atom is -0.482 e. The molecule has 2 aliphatic rings. The fourth-order valence-corrected chi connectivity index (χ4v) is 2.57. The SMILES string of the molecule is O=C(CC1CNCCO1)Nc1cc2c(cc1Cl)NC(=O)CO2. The highest BCUT2D eigenvalue weighted by molar-refractivity contribution is 6.34. The molecule has 1 atom stereocenters. The van der Waals surface area contributed by atoms with Gasteiger partial charge in [0.1, 0.15) is 5.75 Å². The van der Waals surface area contributed by atoms with Gasteiger partial charge in [0.05, 0.1) is 35.5 Å². The van der Waals surface area contributed by atoms with Crippen molar-refractivity contribution in [2.24, 2.45) is 0 Å². The van der Waals surface area contributed by atoms with Crippen molar-refractivity contribution in [3.8, 4) is 5.75 Å². The Balaban J connectivity index is 1.66. The fraction of sp³-hybridized carbons (Fsp3) is 0.429. The van der Waals surface area contributed by atoms with E-state index in [1.807, 2.05) is 0 Å². The summed E-state index contributed by atoms with van der Waals surface area (Å²) in [6.07, 6.45) is 0.110. The number of carbonyl (C=O) groups is 2. The van der Waals surface area contributed by atoms with E-state index < -0.39 is 0 Å². The molecule has 1 aromatic carbocycles. The van der Waals surface area contributed by atoms with Gasteiger partial charge in [-0.1, -0.05) is 11.6 Å². The van der Waals surface area contributed by atoms with Gasteiger partial charge in [0.25, 0.3) is 5.91 Å². The summed E-state index contributed by atoms with van der Waals surface area (Å²) in [6, 6.07) is 3.16. The molecule has 3 N–H and O–H groups in total. The molecule has 0 aliphatic carbocycles. The highest BCUT2D eigenvalue weighted by Gasteiger charge is 2.21.